The van der Waals surface area contributed by atoms with Crippen LogP contribution in [-0.2, 0) is 9.53 Å². The number of rotatable bonds is 14. The third-order valence-electron chi connectivity index (χ3n) is 5.66. The molecule has 0 aromatic heterocycles. The molecule has 280 valence electrons. The molecule has 0 saturated carbocycles. The predicted molar refractivity (Wildman–Crippen MR) is 91.2 cm³/mol. The van der Waals surface area contributed by atoms with Crippen molar-refractivity contribution in [3.05, 3.63) is 12.7 Å². The standard InChI is InChI=1S/C18H7F27O2/c1-2-5(46)47-4-3-6(19,20)8(22,23)10(26,27)12(30,31)14(34,35)16(38,39)15(36,37)13(32,33)11(28,29)9(24,25)7(21,17(40,41)42)18(43,44)45/h2H,1,3-4H2. The van der Waals surface area contributed by atoms with E-state index in [1.807, 2.05) is 0 Å². The Bertz CT molecular complexity index is 1140. The van der Waals surface area contributed by atoms with Gasteiger partial charge in [-0.1, -0.05) is 6.58 Å². The summed E-state index contributed by atoms with van der Waals surface area (Å²) in [5, 5.41) is 0. The van der Waals surface area contributed by atoms with Crippen molar-refractivity contribution in [1.29, 1.82) is 0 Å². The Morgan fingerprint density at radius 3 is 0.894 bits per heavy atom. The summed E-state index contributed by atoms with van der Waals surface area (Å²) in [6.07, 6.45) is -20.6. The number of hydrogen-bond donors (Lipinski definition) is 0. The van der Waals surface area contributed by atoms with Gasteiger partial charge in [-0.05, 0) is 0 Å². The van der Waals surface area contributed by atoms with Crippen LogP contribution in [0.25, 0.3) is 0 Å². The van der Waals surface area contributed by atoms with Crippen LogP contribution in [0.2, 0.25) is 0 Å². The molecule has 2 nitrogen and oxygen atoms in total. The Morgan fingerprint density at radius 2 is 0.660 bits per heavy atom. The minimum absolute atomic E-state index is 0.0107. The van der Waals surface area contributed by atoms with Crippen LogP contribution < -0.4 is 0 Å². The highest BCUT2D eigenvalue weighted by Gasteiger charge is 3.01. The van der Waals surface area contributed by atoms with Crippen molar-refractivity contribution in [2.45, 2.75) is 83.7 Å². The summed E-state index contributed by atoms with van der Waals surface area (Å²) in [6, 6.07) is 0. The lowest BCUT2D eigenvalue weighted by atomic mass is 9.82. The van der Waals surface area contributed by atoms with Gasteiger partial charge in [0.15, 0.2) is 0 Å². The molecule has 0 saturated heterocycles. The SMILES string of the molecule is C=CC(=O)OCCC(F)(F)C(F)(F)C(F)(F)C(F)(F)C(F)(F)C(F)(F)C(F)(F)C(F)(F)C(F)(F)C(F)(F)C(F)(C(F)(F)F)C(F)(F)F. The van der Waals surface area contributed by atoms with Gasteiger partial charge >= 0.3 is 83.2 Å². The molecule has 0 aromatic rings. The molecule has 0 unspecified atom stereocenters. The lowest BCUT2D eigenvalue weighted by Crippen LogP contribution is -2.79. The third kappa shape index (κ3) is 5.66. The van der Waals surface area contributed by atoms with Gasteiger partial charge in [-0.15, -0.1) is 0 Å². The molecule has 0 aliphatic rings. The van der Waals surface area contributed by atoms with Gasteiger partial charge in [-0.3, -0.25) is 0 Å². The molecule has 0 amide bonds. The van der Waals surface area contributed by atoms with Gasteiger partial charge in [0, 0.05) is 6.08 Å². The molecule has 0 radical (unpaired) electrons. The number of carbonyl (C=O) groups excluding carboxylic acids is 1. The van der Waals surface area contributed by atoms with Gasteiger partial charge in [0.05, 0.1) is 13.0 Å². The number of carbonyl (C=O) groups is 1. The normalized spacial score (nSPS) is 16.3. The molecule has 0 aromatic carbocycles. The largest absolute Gasteiger partial charge is 0.462 e. The maximum absolute atomic E-state index is 13.8. The average Bonchev–Trinajstić information content (AvgIpc) is 2.85. The second-order valence-electron chi connectivity index (χ2n) is 8.65. The van der Waals surface area contributed by atoms with Gasteiger partial charge in [0.25, 0.3) is 0 Å². The van der Waals surface area contributed by atoms with Crippen LogP contribution >= 0.6 is 0 Å². The number of ether oxygens (including phenoxy) is 1. The van der Waals surface area contributed by atoms with Crippen molar-refractivity contribution in [2.24, 2.45) is 0 Å². The molecule has 0 heterocycles. The lowest BCUT2D eigenvalue weighted by molar-refractivity contribution is -0.487. The van der Waals surface area contributed by atoms with E-state index in [2.05, 4.69) is 11.3 Å². The third-order valence-corrected chi connectivity index (χ3v) is 5.66. The van der Waals surface area contributed by atoms with Crippen molar-refractivity contribution >= 4 is 5.97 Å². The first-order chi connectivity index (χ1) is 20.0. The highest BCUT2D eigenvalue weighted by molar-refractivity contribution is 5.81. The quantitative estimate of drug-likeness (QED) is 0.100. The highest BCUT2D eigenvalue weighted by Crippen LogP contribution is 2.69. The maximum atomic E-state index is 13.8. The van der Waals surface area contributed by atoms with Crippen molar-refractivity contribution in [3.8, 4) is 0 Å². The van der Waals surface area contributed by atoms with E-state index in [-0.39, 0.29) is 6.08 Å². The first-order valence-corrected chi connectivity index (χ1v) is 10.3. The van der Waals surface area contributed by atoms with Gasteiger partial charge in [0.1, 0.15) is 0 Å². The number of esters is 1. The summed E-state index contributed by atoms with van der Waals surface area (Å²) in [5.74, 6) is -94.2. The second-order valence-corrected chi connectivity index (χ2v) is 8.65. The van der Waals surface area contributed by atoms with Crippen molar-refractivity contribution in [1.82, 2.24) is 0 Å². The van der Waals surface area contributed by atoms with Crippen molar-refractivity contribution in [3.63, 3.8) is 0 Å². The molecule has 29 heteroatoms. The van der Waals surface area contributed by atoms with Gasteiger partial charge in [-0.2, -0.15) is 114 Å². The molecular formula is C18H7F27O2. The zero-order valence-corrected chi connectivity index (χ0v) is 20.7. The average molecular weight is 768 g/mol. The van der Waals surface area contributed by atoms with Crippen molar-refractivity contribution in [2.75, 3.05) is 6.61 Å². The van der Waals surface area contributed by atoms with E-state index in [1.165, 1.54) is 0 Å². The number of halogens is 27. The van der Waals surface area contributed by atoms with Crippen LogP contribution in [0.1, 0.15) is 6.42 Å². The van der Waals surface area contributed by atoms with Crippen LogP contribution in [0.4, 0.5) is 119 Å². The Labute approximate surface area is 238 Å². The van der Waals surface area contributed by atoms with E-state index in [0.29, 0.717) is 0 Å². The Hall–Kier alpha value is -2.68. The first-order valence-electron chi connectivity index (χ1n) is 10.3. The molecule has 0 rings (SSSR count). The number of alkyl halides is 27. The summed E-state index contributed by atoms with van der Waals surface area (Å²) < 4.78 is 366. The van der Waals surface area contributed by atoms with Crippen LogP contribution in [0, 0.1) is 0 Å². The van der Waals surface area contributed by atoms with Gasteiger partial charge in [0.2, 0.25) is 0 Å². The van der Waals surface area contributed by atoms with Gasteiger partial charge < -0.3 is 4.74 Å². The highest BCUT2D eigenvalue weighted by atomic mass is 19.4. The molecule has 0 fully saturated rings. The van der Waals surface area contributed by atoms with Crippen LogP contribution in [-0.4, -0.2) is 89.8 Å². The topological polar surface area (TPSA) is 26.3 Å². The summed E-state index contributed by atoms with van der Waals surface area (Å²) in [4.78, 5) is 10.6. The van der Waals surface area contributed by atoms with Crippen LogP contribution in [0.5, 0.6) is 0 Å². The Kier molecular flexibility index (Phi) is 10.8. The van der Waals surface area contributed by atoms with Gasteiger partial charge in [-0.25, -0.2) is 9.18 Å². The summed E-state index contributed by atoms with van der Waals surface area (Å²) >= 11 is 0. The fraction of sp³-hybridized carbons (Fsp3) is 0.833. The zero-order chi connectivity index (χ0) is 38.9. The predicted octanol–water partition coefficient (Wildman–Crippen LogP) is 9.29. The minimum atomic E-state index is -9.86. The molecule has 0 spiro atoms. The number of hydrogen-bond acceptors (Lipinski definition) is 2. The van der Waals surface area contributed by atoms with E-state index in [9.17, 15) is 123 Å². The molecule has 0 atom stereocenters. The van der Waals surface area contributed by atoms with E-state index in [0.717, 1.165) is 0 Å². The van der Waals surface area contributed by atoms with E-state index < -0.39 is 96.2 Å². The summed E-state index contributed by atoms with van der Waals surface area (Å²) in [5.41, 5.74) is -9.24. The first kappa shape index (κ1) is 44.3. The maximum Gasteiger partial charge on any atom is 0.438 e. The minimum Gasteiger partial charge on any atom is -0.462 e. The Morgan fingerprint density at radius 1 is 0.426 bits per heavy atom. The van der Waals surface area contributed by atoms with Crippen LogP contribution in [0.3, 0.4) is 0 Å². The molecule has 0 bridgehead atoms. The van der Waals surface area contributed by atoms with E-state index in [4.69, 9.17) is 0 Å². The molecule has 0 aliphatic heterocycles. The monoisotopic (exact) mass is 768 g/mol. The lowest BCUT2D eigenvalue weighted by Gasteiger charge is -2.46. The molecular weight excluding hydrogens is 761 g/mol. The summed E-state index contributed by atoms with van der Waals surface area (Å²) in [7, 11) is 0. The van der Waals surface area contributed by atoms with E-state index in [1.54, 1.807) is 0 Å². The van der Waals surface area contributed by atoms with E-state index >= 15 is 0 Å². The summed E-state index contributed by atoms with van der Waals surface area (Å²) in [6.45, 7) is 0.235. The fourth-order valence-corrected chi connectivity index (χ4v) is 2.84. The molecule has 0 N–H and O–H groups in total. The fourth-order valence-electron chi connectivity index (χ4n) is 2.84. The Balaban J connectivity index is 7.38. The zero-order valence-electron chi connectivity index (χ0n) is 20.7. The molecule has 0 aliphatic carbocycles. The van der Waals surface area contributed by atoms with Crippen LogP contribution in [0.15, 0.2) is 12.7 Å². The smallest absolute Gasteiger partial charge is 0.438 e. The molecule has 47 heavy (non-hydrogen) atoms. The van der Waals surface area contributed by atoms with Crippen molar-refractivity contribution < 1.29 is 128 Å². The second kappa shape index (κ2) is 11.4.